The molecular formula is C22H21ClN2O3. The van der Waals surface area contributed by atoms with Gasteiger partial charge in [-0.05, 0) is 49.2 Å². The second kappa shape index (κ2) is 10.2. The van der Waals surface area contributed by atoms with Gasteiger partial charge in [-0.15, -0.1) is 6.58 Å². The van der Waals surface area contributed by atoms with Crippen molar-refractivity contribution in [1.82, 2.24) is 0 Å². The molecule has 6 heteroatoms. The number of halogens is 1. The summed E-state index contributed by atoms with van der Waals surface area (Å²) in [6.07, 6.45) is 3.80. The number of carbonyl (C=O) groups excluding carboxylic acids is 1. The molecule has 2 rings (SSSR count). The predicted molar refractivity (Wildman–Crippen MR) is 112 cm³/mol. The van der Waals surface area contributed by atoms with Gasteiger partial charge in [0, 0.05) is 5.56 Å². The molecule has 2 aromatic rings. The molecule has 1 amide bonds. The van der Waals surface area contributed by atoms with Crippen LogP contribution in [0.15, 0.2) is 54.6 Å². The van der Waals surface area contributed by atoms with Gasteiger partial charge in [0.2, 0.25) is 0 Å². The second-order valence-corrected chi connectivity index (χ2v) is 6.15. The van der Waals surface area contributed by atoms with Crippen LogP contribution in [0.25, 0.3) is 6.08 Å². The fourth-order valence-electron chi connectivity index (χ4n) is 2.64. The van der Waals surface area contributed by atoms with Gasteiger partial charge in [-0.25, -0.2) is 0 Å². The van der Waals surface area contributed by atoms with Crippen LogP contribution in [-0.2, 0) is 11.2 Å². The predicted octanol–water partition coefficient (Wildman–Crippen LogP) is 5.02. The first-order chi connectivity index (χ1) is 13.5. The van der Waals surface area contributed by atoms with Crippen LogP contribution in [0.2, 0.25) is 5.02 Å². The van der Waals surface area contributed by atoms with Gasteiger partial charge in [-0.3, -0.25) is 4.79 Å². The summed E-state index contributed by atoms with van der Waals surface area (Å²) < 4.78 is 11.1. The van der Waals surface area contributed by atoms with Crippen molar-refractivity contribution in [3.63, 3.8) is 0 Å². The van der Waals surface area contributed by atoms with Gasteiger partial charge in [-0.2, -0.15) is 5.26 Å². The number of nitrogens with zero attached hydrogens (tertiary/aromatic N) is 1. The molecule has 0 fully saturated rings. The van der Waals surface area contributed by atoms with Crippen LogP contribution in [0, 0.1) is 11.3 Å². The Morgan fingerprint density at radius 1 is 1.36 bits per heavy atom. The van der Waals surface area contributed by atoms with Gasteiger partial charge in [0.25, 0.3) is 5.91 Å². The van der Waals surface area contributed by atoms with E-state index >= 15 is 0 Å². The van der Waals surface area contributed by atoms with Crippen molar-refractivity contribution in [2.24, 2.45) is 0 Å². The molecule has 0 unspecified atom stereocenters. The summed E-state index contributed by atoms with van der Waals surface area (Å²) in [6.45, 7) is 6.08. The lowest BCUT2D eigenvalue weighted by Gasteiger charge is -2.14. The van der Waals surface area contributed by atoms with Crippen LogP contribution in [0.4, 0.5) is 5.69 Å². The van der Waals surface area contributed by atoms with Gasteiger partial charge in [0.05, 0.1) is 24.4 Å². The minimum Gasteiger partial charge on any atom is -0.493 e. The molecule has 0 aliphatic rings. The molecule has 2 aromatic carbocycles. The number of ether oxygens (including phenoxy) is 2. The molecule has 0 saturated carbocycles. The van der Waals surface area contributed by atoms with Crippen molar-refractivity contribution in [1.29, 1.82) is 5.26 Å². The van der Waals surface area contributed by atoms with E-state index in [0.717, 1.165) is 5.56 Å². The van der Waals surface area contributed by atoms with Crippen molar-refractivity contribution < 1.29 is 14.3 Å². The van der Waals surface area contributed by atoms with E-state index in [9.17, 15) is 10.1 Å². The highest BCUT2D eigenvalue weighted by Crippen LogP contribution is 2.34. The third kappa shape index (κ3) is 5.15. The number of nitrogens with one attached hydrogen (secondary N) is 1. The maximum absolute atomic E-state index is 12.5. The summed E-state index contributed by atoms with van der Waals surface area (Å²) in [5.74, 6) is 0.604. The number of amides is 1. The number of para-hydroxylation sites is 1. The Bertz CT molecular complexity index is 945. The summed E-state index contributed by atoms with van der Waals surface area (Å²) >= 11 is 6.06. The van der Waals surface area contributed by atoms with Crippen LogP contribution in [0.1, 0.15) is 18.1 Å². The Hall–Kier alpha value is -3.23. The van der Waals surface area contributed by atoms with Crippen molar-refractivity contribution in [3.8, 4) is 17.6 Å². The molecule has 1 N–H and O–H groups in total. The van der Waals surface area contributed by atoms with Crippen molar-refractivity contribution in [2.75, 3.05) is 19.0 Å². The molecule has 0 saturated heterocycles. The molecular weight excluding hydrogens is 376 g/mol. The maximum atomic E-state index is 12.5. The smallest absolute Gasteiger partial charge is 0.266 e. The van der Waals surface area contributed by atoms with E-state index in [4.69, 9.17) is 21.1 Å². The molecule has 0 spiro atoms. The SMILES string of the molecule is C=CCc1cc(/C=C(\C#N)C(=O)Nc2ccccc2Cl)cc(OCC)c1OC. The number of carbonyl (C=O) groups is 1. The highest BCUT2D eigenvalue weighted by atomic mass is 35.5. The Morgan fingerprint density at radius 2 is 2.11 bits per heavy atom. The molecule has 0 aromatic heterocycles. The zero-order valence-corrected chi connectivity index (χ0v) is 16.5. The average molecular weight is 397 g/mol. The van der Waals surface area contributed by atoms with Gasteiger partial charge >= 0.3 is 0 Å². The number of allylic oxidation sites excluding steroid dienone is 1. The maximum Gasteiger partial charge on any atom is 0.266 e. The van der Waals surface area contributed by atoms with E-state index in [1.807, 2.05) is 19.1 Å². The number of nitriles is 1. The van der Waals surface area contributed by atoms with Gasteiger partial charge in [0.15, 0.2) is 11.5 Å². The van der Waals surface area contributed by atoms with Crippen LogP contribution in [0.5, 0.6) is 11.5 Å². The molecule has 0 bridgehead atoms. The van der Waals surface area contributed by atoms with Gasteiger partial charge < -0.3 is 14.8 Å². The highest BCUT2D eigenvalue weighted by Gasteiger charge is 2.15. The third-order valence-corrected chi connectivity index (χ3v) is 4.15. The molecule has 0 radical (unpaired) electrons. The van der Waals surface area contributed by atoms with E-state index in [2.05, 4.69) is 11.9 Å². The van der Waals surface area contributed by atoms with Crippen molar-refractivity contribution in [2.45, 2.75) is 13.3 Å². The quantitative estimate of drug-likeness (QED) is 0.386. The summed E-state index contributed by atoms with van der Waals surface area (Å²) in [7, 11) is 1.57. The molecule has 0 atom stereocenters. The Balaban J connectivity index is 2.42. The molecule has 28 heavy (non-hydrogen) atoms. The molecule has 0 heterocycles. The summed E-state index contributed by atoms with van der Waals surface area (Å²) in [5.41, 5.74) is 1.87. The fraction of sp³-hybridized carbons (Fsp3) is 0.182. The number of rotatable bonds is 8. The number of hydrogen-bond donors (Lipinski definition) is 1. The largest absolute Gasteiger partial charge is 0.493 e. The van der Waals surface area contributed by atoms with E-state index < -0.39 is 5.91 Å². The lowest BCUT2D eigenvalue weighted by Crippen LogP contribution is -2.13. The van der Waals surface area contributed by atoms with Crippen molar-refractivity contribution in [3.05, 3.63) is 70.8 Å². The Kier molecular flexibility index (Phi) is 7.67. The Morgan fingerprint density at radius 3 is 2.71 bits per heavy atom. The second-order valence-electron chi connectivity index (χ2n) is 5.74. The minimum atomic E-state index is -0.547. The number of benzene rings is 2. The van der Waals surface area contributed by atoms with Gasteiger partial charge in [0.1, 0.15) is 11.6 Å². The topological polar surface area (TPSA) is 71.4 Å². The summed E-state index contributed by atoms with van der Waals surface area (Å²) in [4.78, 5) is 12.5. The number of anilines is 1. The number of hydrogen-bond acceptors (Lipinski definition) is 4. The normalized spacial score (nSPS) is 10.7. The zero-order chi connectivity index (χ0) is 20.5. The molecule has 0 aliphatic heterocycles. The van der Waals surface area contributed by atoms with E-state index in [0.29, 0.717) is 40.8 Å². The summed E-state index contributed by atoms with van der Waals surface area (Å²) in [6, 6.07) is 12.3. The first-order valence-corrected chi connectivity index (χ1v) is 9.04. The lowest BCUT2D eigenvalue weighted by atomic mass is 10.0. The van der Waals surface area contributed by atoms with E-state index in [-0.39, 0.29) is 5.57 Å². The molecule has 144 valence electrons. The lowest BCUT2D eigenvalue weighted by molar-refractivity contribution is -0.112. The number of methoxy groups -OCH3 is 1. The molecule has 5 nitrogen and oxygen atoms in total. The van der Waals surface area contributed by atoms with Crippen molar-refractivity contribution >= 4 is 29.3 Å². The Labute approximate surface area is 169 Å². The van der Waals surface area contributed by atoms with Gasteiger partial charge in [-0.1, -0.05) is 29.8 Å². The van der Waals surface area contributed by atoms with E-state index in [1.165, 1.54) is 6.08 Å². The monoisotopic (exact) mass is 396 g/mol. The minimum absolute atomic E-state index is 0.0583. The summed E-state index contributed by atoms with van der Waals surface area (Å²) in [5, 5.41) is 12.5. The third-order valence-electron chi connectivity index (χ3n) is 3.82. The standard InChI is InChI=1S/C22H21ClN2O3/c1-4-8-16-11-15(13-20(28-5-2)21(16)27-3)12-17(14-24)22(26)25-19-10-7-6-9-18(19)23/h4,6-7,9-13H,1,5,8H2,2-3H3,(H,25,26)/b17-12+. The first kappa shape index (κ1) is 21.1. The zero-order valence-electron chi connectivity index (χ0n) is 15.8. The fourth-order valence-corrected chi connectivity index (χ4v) is 2.82. The van der Waals surface area contributed by atoms with Crippen LogP contribution >= 0.6 is 11.6 Å². The van der Waals surface area contributed by atoms with Crippen LogP contribution in [-0.4, -0.2) is 19.6 Å². The van der Waals surface area contributed by atoms with Crippen LogP contribution in [0.3, 0.4) is 0 Å². The highest BCUT2D eigenvalue weighted by molar-refractivity contribution is 6.34. The van der Waals surface area contributed by atoms with Crippen LogP contribution < -0.4 is 14.8 Å². The first-order valence-electron chi connectivity index (χ1n) is 8.66. The van der Waals surface area contributed by atoms with E-state index in [1.54, 1.807) is 43.5 Å². The average Bonchev–Trinajstić information content (AvgIpc) is 2.68. The molecule has 0 aliphatic carbocycles.